The number of nitrogens with one attached hydrogen (secondary N) is 1. The number of phenols is 2. The van der Waals surface area contributed by atoms with Crippen LogP contribution in [0.15, 0.2) is 134 Å². The number of aliphatic hydroxyl groups excluding tert-OH is 1. The molecule has 11 nitrogen and oxygen atoms in total. The zero-order chi connectivity index (χ0) is 63.0. The first-order valence-corrected chi connectivity index (χ1v) is 37.7. The van der Waals surface area contributed by atoms with Gasteiger partial charge in [-0.05, 0) is 199 Å². The Morgan fingerprint density at radius 2 is 1.60 bits per heavy atom. The van der Waals surface area contributed by atoms with Gasteiger partial charge in [-0.1, -0.05) is 152 Å². The summed E-state index contributed by atoms with van der Waals surface area (Å²) in [5.41, 5.74) is 22.6. The molecule has 5 aliphatic carbocycles. The van der Waals surface area contributed by atoms with Crippen LogP contribution in [0.5, 0.6) is 17.2 Å². The number of rotatable bonds is 5. The second kappa shape index (κ2) is 27.4. The van der Waals surface area contributed by atoms with E-state index in [2.05, 4.69) is 89.7 Å². The summed E-state index contributed by atoms with van der Waals surface area (Å²) >= 11 is 0. The second-order valence-corrected chi connectivity index (χ2v) is 32.6. The van der Waals surface area contributed by atoms with Gasteiger partial charge >= 0.3 is 0 Å². The fraction of sp³-hybridized carbons (Fsp3) is 0.447. The van der Waals surface area contributed by atoms with Gasteiger partial charge in [0.05, 0.1) is 42.3 Å². The van der Waals surface area contributed by atoms with Gasteiger partial charge in [-0.2, -0.15) is 0 Å². The number of aromatic amines is 1. The van der Waals surface area contributed by atoms with Gasteiger partial charge in [0.1, 0.15) is 5.75 Å². The zero-order valence-corrected chi connectivity index (χ0v) is 55.1. The third kappa shape index (κ3) is 13.7. The number of aromatic hydroxyl groups is 2. The summed E-state index contributed by atoms with van der Waals surface area (Å²) in [5, 5.41) is 60.8. The number of aromatic nitrogens is 1. The highest BCUT2D eigenvalue weighted by Crippen LogP contribution is 2.64. The monoisotopic (exact) mass is 1300 g/mol. The topological polar surface area (TPSA) is 212 Å². The molecule has 2 aliphatic heterocycles. The van der Waals surface area contributed by atoms with E-state index in [9.17, 15) is 35.1 Å². The van der Waals surface area contributed by atoms with Crippen molar-refractivity contribution < 1.29 is 39.9 Å². The number of fused-ring (bicyclic) bond motifs is 14. The fourth-order valence-electron chi connectivity index (χ4n) is 17.0. The molecule has 7 aliphatic rings. The molecule has 13 rings (SSSR count). The van der Waals surface area contributed by atoms with E-state index in [4.69, 9.17) is 16.2 Å². The highest BCUT2D eigenvalue weighted by molar-refractivity contribution is 8.77. The number of hydrogen-bond donors (Lipinski definition) is 8. The first-order chi connectivity index (χ1) is 44.0. The fourth-order valence-corrected chi connectivity index (χ4v) is 22.8. The van der Waals surface area contributed by atoms with Crippen LogP contribution in [0.2, 0.25) is 0 Å². The van der Waals surface area contributed by atoms with Crippen molar-refractivity contribution in [3.63, 3.8) is 0 Å². The lowest BCUT2D eigenvalue weighted by molar-refractivity contribution is -0.114. The van der Waals surface area contributed by atoms with Crippen LogP contribution in [0.3, 0.4) is 0 Å². The molecule has 0 saturated heterocycles. The van der Waals surface area contributed by atoms with Crippen molar-refractivity contribution in [1.82, 2.24) is 4.98 Å². The number of aryl methyl sites for hydroxylation is 3. The van der Waals surface area contributed by atoms with Gasteiger partial charge in [0.2, 0.25) is 0 Å². The van der Waals surface area contributed by atoms with Crippen molar-refractivity contribution in [1.29, 1.82) is 0 Å². The molecule has 2 saturated carbocycles. The van der Waals surface area contributed by atoms with Gasteiger partial charge in [-0.3, -0.25) is 9.59 Å². The Kier molecular flexibility index (Phi) is 19.3. The molecule has 476 valence electrons. The van der Waals surface area contributed by atoms with Crippen LogP contribution in [0, 0.1) is 52.8 Å². The molecule has 0 unspecified atom stereocenters. The van der Waals surface area contributed by atoms with Gasteiger partial charge in [0.15, 0.2) is 23.1 Å². The molecule has 91 heavy (non-hydrogen) atoms. The van der Waals surface area contributed by atoms with Crippen LogP contribution >= 0.6 is 43.2 Å². The van der Waals surface area contributed by atoms with E-state index in [1.165, 1.54) is 22.3 Å². The number of H-pyrrole nitrogens is 1. The molecule has 1 aromatic heterocycles. The first kappa shape index (κ1) is 64.1. The Hall–Kier alpha value is -5.64. The quantitative estimate of drug-likeness (QED) is 0.0349. The Bertz CT molecular complexity index is 3800. The van der Waals surface area contributed by atoms with Gasteiger partial charge in [-0.15, -0.1) is 0 Å². The molecule has 12 atom stereocenters. The van der Waals surface area contributed by atoms with Crippen molar-refractivity contribution in [2.75, 3.05) is 24.7 Å². The number of ketones is 2. The molecule has 5 aromatic carbocycles. The van der Waals surface area contributed by atoms with Crippen molar-refractivity contribution in [3.8, 4) is 29.1 Å². The Balaban J connectivity index is 0.881. The summed E-state index contributed by atoms with van der Waals surface area (Å²) in [5.74, 6) is 8.84. The smallest absolute Gasteiger partial charge is 0.165 e. The van der Waals surface area contributed by atoms with Gasteiger partial charge in [0, 0.05) is 76.9 Å². The molecule has 2 fully saturated rings. The van der Waals surface area contributed by atoms with Crippen LogP contribution < -0.4 is 16.2 Å². The summed E-state index contributed by atoms with van der Waals surface area (Å²) in [4.78, 5) is 32.3. The van der Waals surface area contributed by atoms with Crippen LogP contribution in [0.1, 0.15) is 160 Å². The third-order valence-corrected chi connectivity index (χ3v) is 27.0. The molecule has 15 bridgehead atoms. The molecule has 0 radical (unpaired) electrons. The molecule has 15 heteroatoms. The number of carbonyl (C=O) groups excluding carboxylic acids is 2. The summed E-state index contributed by atoms with van der Waals surface area (Å²) in [6.45, 7) is 2.29. The normalized spacial score (nSPS) is 30.6. The largest absolute Gasteiger partial charge is 0.508 e. The molecular weight excluding hydrogens is 1210 g/mol. The molecule has 3 heterocycles. The van der Waals surface area contributed by atoms with Crippen molar-refractivity contribution >= 4 is 54.7 Å². The number of ether oxygens (including phenoxy) is 1. The van der Waals surface area contributed by atoms with E-state index >= 15 is 0 Å². The SMILES string of the molecule is C[C@]1(O)CCC[C@H]2[C@@H]3Cc4cc(CCc5ccccc5)ccc4[C@H](CO)[C@H]2CSS[C@@H]2C=C[C@@H](C[C@H]3C1)[C@]13/C=C/C(=O)CCc4ccc(O)c(c4)OCCc4ccc(O)c(c4)[C@@H]4CC(=O)c5cc[nH]c5CC#Cc5cc(C(N)N)c(cc54)CSSC[C@H](C1)[C@@]2(O)C3. The standard InChI is InChI=1S/C76H85N3O8S4/c1-74(85)27-6-10-58-61-36-51-31-47(13-12-46-7-3-2-4-8-46)15-20-57(51)65(41-80)66(58)44-90-91-72-23-18-54(34-52(61)39-74)75-28-24-56(81)19-14-48-17-22-69(83)71(33-48)87-30-26-49-16-21-68(82)64(32-49)63-38-70(84)59-25-29-79-67(59)11-5-9-50-35-62(73(77)78)53(37-60(50)63)42-88-89-43-55(40-75)76(72,86)45-75/h2-4,7-8,15-18,20-25,28-29,31-33,35,37,52,54-55,58,61,63,65-66,72-73,79-80,82-83,85-86H,6,10-14,19,26-27,30,34,36,38-45,77-78H2,1H3/b28-24+/t52-,54-,55-,58-,61+,63+,65-,66-,72+,74-,75+,76-/m0/s1. The number of nitrogens with two attached hydrogens (primary N) is 2. The zero-order valence-electron chi connectivity index (χ0n) is 51.9. The maximum absolute atomic E-state index is 14.6. The lowest BCUT2D eigenvalue weighted by Crippen LogP contribution is -2.43. The lowest BCUT2D eigenvalue weighted by atomic mass is 9.61. The number of allylic oxidation sites excluding steroid dienone is 3. The predicted octanol–water partition coefficient (Wildman–Crippen LogP) is 13.6. The Labute approximate surface area is 551 Å². The Morgan fingerprint density at radius 1 is 0.780 bits per heavy atom. The highest BCUT2D eigenvalue weighted by atomic mass is 33.1. The lowest BCUT2D eigenvalue weighted by Gasteiger charge is -2.46. The van der Waals surface area contributed by atoms with Crippen molar-refractivity contribution in [2.24, 2.45) is 52.4 Å². The Morgan fingerprint density at radius 3 is 2.44 bits per heavy atom. The van der Waals surface area contributed by atoms with E-state index in [1.54, 1.807) is 68.9 Å². The van der Waals surface area contributed by atoms with E-state index < -0.39 is 28.7 Å². The molecule has 6 aromatic rings. The molecule has 10 N–H and O–H groups in total. The van der Waals surface area contributed by atoms with Crippen LogP contribution in [-0.2, 0) is 49.1 Å². The van der Waals surface area contributed by atoms with Crippen molar-refractivity contribution in [3.05, 3.63) is 206 Å². The maximum Gasteiger partial charge on any atom is 0.165 e. The maximum atomic E-state index is 14.6. The van der Waals surface area contributed by atoms with Crippen LogP contribution in [0.25, 0.3) is 0 Å². The molecule has 1 spiro atoms. The average Bonchev–Trinajstić information content (AvgIpc) is 1.60. The van der Waals surface area contributed by atoms with Crippen LogP contribution in [-0.4, -0.2) is 83.3 Å². The van der Waals surface area contributed by atoms with Gasteiger partial charge in [0.25, 0.3) is 0 Å². The second-order valence-electron chi connectivity index (χ2n) is 27.5. The highest BCUT2D eigenvalue weighted by Gasteiger charge is 2.60. The predicted molar refractivity (Wildman–Crippen MR) is 369 cm³/mol. The number of phenolic OH excluding ortho intramolecular Hbond substituents is 2. The minimum Gasteiger partial charge on any atom is -0.508 e. The summed E-state index contributed by atoms with van der Waals surface area (Å²) in [6, 6.07) is 34.3. The number of carbonyl (C=O) groups is 2. The first-order valence-electron chi connectivity index (χ1n) is 32.8. The molecular formula is C76H85N3O8S4. The summed E-state index contributed by atoms with van der Waals surface area (Å²) in [6.07, 6.45) is 19.0. The summed E-state index contributed by atoms with van der Waals surface area (Å²) in [7, 11) is 7.03. The number of hydrogen-bond acceptors (Lipinski definition) is 14. The number of benzene rings is 5. The van der Waals surface area contributed by atoms with E-state index in [-0.39, 0.29) is 89.9 Å². The summed E-state index contributed by atoms with van der Waals surface area (Å²) < 4.78 is 6.30. The minimum atomic E-state index is -1.16. The van der Waals surface area contributed by atoms with Crippen molar-refractivity contribution in [2.45, 2.75) is 143 Å². The number of Topliss-reactive ketones (excluding diaryl/α,β-unsaturated/α-hetero) is 1. The molecule has 0 amide bonds. The van der Waals surface area contributed by atoms with E-state index in [0.29, 0.717) is 84.8 Å². The third-order valence-electron chi connectivity index (χ3n) is 21.7. The average molecular weight is 1300 g/mol. The van der Waals surface area contributed by atoms with Crippen LogP contribution in [0.4, 0.5) is 0 Å². The van der Waals surface area contributed by atoms with E-state index in [0.717, 1.165) is 77.8 Å². The van der Waals surface area contributed by atoms with Gasteiger partial charge < -0.3 is 46.7 Å². The van der Waals surface area contributed by atoms with E-state index in [1.807, 2.05) is 42.0 Å². The minimum absolute atomic E-state index is 0.0122. The number of aliphatic hydroxyl groups is 3. The van der Waals surface area contributed by atoms with Gasteiger partial charge in [-0.25, -0.2) is 0 Å².